The number of piperidine rings is 1. The van der Waals surface area contributed by atoms with E-state index in [1.54, 1.807) is 18.7 Å². The molecule has 2 atom stereocenters. The fourth-order valence-electron chi connectivity index (χ4n) is 4.80. The molecule has 0 aliphatic carbocycles. The van der Waals surface area contributed by atoms with Gasteiger partial charge >= 0.3 is 0 Å². The molecule has 4 aromatic rings. The first-order valence-electron chi connectivity index (χ1n) is 11.7. The van der Waals surface area contributed by atoms with E-state index >= 15 is 0 Å². The Kier molecular flexibility index (Phi) is 6.51. The summed E-state index contributed by atoms with van der Waals surface area (Å²) in [5, 5.41) is 6.18. The predicted octanol–water partition coefficient (Wildman–Crippen LogP) is 4.56. The summed E-state index contributed by atoms with van der Waals surface area (Å²) in [5.41, 5.74) is 2.27. The number of ether oxygens (including phenoxy) is 2. The van der Waals surface area contributed by atoms with E-state index in [9.17, 15) is 4.79 Å². The van der Waals surface area contributed by atoms with Crippen molar-refractivity contribution >= 4 is 34.2 Å². The number of carbonyl (C=O) groups is 1. The Morgan fingerprint density at radius 3 is 2.40 bits per heavy atom. The average molecular weight is 492 g/mol. The number of thioether (sulfide) groups is 1. The molecule has 9 heteroatoms. The maximum Gasteiger partial charge on any atom is 0.233 e. The number of fused-ring (bicyclic) bond motifs is 3. The van der Waals surface area contributed by atoms with Gasteiger partial charge in [0.25, 0.3) is 0 Å². The van der Waals surface area contributed by atoms with Crippen molar-refractivity contribution in [1.29, 1.82) is 0 Å². The van der Waals surface area contributed by atoms with Crippen molar-refractivity contribution in [2.45, 2.75) is 25.4 Å². The summed E-state index contributed by atoms with van der Waals surface area (Å²) in [5.74, 6) is 3.23. The lowest BCUT2D eigenvalue weighted by Gasteiger charge is -2.34. The molecule has 1 fully saturated rings. The molecular weight excluding hydrogens is 462 g/mol. The van der Waals surface area contributed by atoms with Crippen molar-refractivity contribution in [2.75, 3.05) is 33.1 Å². The van der Waals surface area contributed by atoms with Gasteiger partial charge in [0.2, 0.25) is 5.91 Å². The van der Waals surface area contributed by atoms with E-state index in [-0.39, 0.29) is 5.91 Å². The van der Waals surface area contributed by atoms with Crippen LogP contribution in [-0.2, 0) is 4.79 Å². The molecule has 1 aliphatic heterocycles. The van der Waals surface area contributed by atoms with Crippen LogP contribution in [0.1, 0.15) is 20.3 Å². The van der Waals surface area contributed by atoms with Gasteiger partial charge in [-0.1, -0.05) is 55.9 Å². The number of carbonyl (C=O) groups excluding carboxylic acids is 1. The normalized spacial score (nSPS) is 18.2. The molecule has 182 valence electrons. The molecule has 1 saturated heterocycles. The number of rotatable bonds is 6. The van der Waals surface area contributed by atoms with E-state index in [2.05, 4.69) is 13.8 Å². The number of aromatic nitrogens is 4. The zero-order valence-electron chi connectivity index (χ0n) is 20.4. The predicted molar refractivity (Wildman–Crippen MR) is 137 cm³/mol. The number of likely N-dealkylation sites (tertiary alicyclic amines) is 1. The lowest BCUT2D eigenvalue weighted by molar-refractivity contribution is -0.130. The zero-order valence-corrected chi connectivity index (χ0v) is 21.2. The van der Waals surface area contributed by atoms with Crippen LogP contribution in [0.3, 0.4) is 0 Å². The van der Waals surface area contributed by atoms with Gasteiger partial charge in [-0.25, -0.2) is 9.97 Å². The minimum atomic E-state index is 0.124. The fraction of sp³-hybridized carbons (Fsp3) is 0.385. The Morgan fingerprint density at radius 1 is 1.03 bits per heavy atom. The zero-order chi connectivity index (χ0) is 24.5. The maximum absolute atomic E-state index is 13.1. The second-order valence-corrected chi connectivity index (χ2v) is 10.1. The van der Waals surface area contributed by atoms with Gasteiger partial charge in [0, 0.05) is 30.1 Å². The highest BCUT2D eigenvalue weighted by molar-refractivity contribution is 7.99. The summed E-state index contributed by atoms with van der Waals surface area (Å²) in [7, 11) is 3.20. The standard InChI is InChI=1S/C26H29N5O3S/c1-16-10-17(2)14-30(13-16)23(32)15-35-26-27-20-12-22(34-4)21(33-3)11-19(20)25-28-24(29-31(25)26)18-8-6-5-7-9-18/h5-9,11-12,16-17H,10,13-15H2,1-4H3/t16-,17-/m0/s1. The minimum Gasteiger partial charge on any atom is -0.493 e. The smallest absolute Gasteiger partial charge is 0.233 e. The third kappa shape index (κ3) is 4.65. The van der Waals surface area contributed by atoms with Crippen LogP contribution in [0.25, 0.3) is 27.9 Å². The summed E-state index contributed by atoms with van der Waals surface area (Å²) in [6.07, 6.45) is 1.16. The summed E-state index contributed by atoms with van der Waals surface area (Å²) in [6.45, 7) is 6.03. The molecule has 35 heavy (non-hydrogen) atoms. The van der Waals surface area contributed by atoms with E-state index < -0.39 is 0 Å². The first-order chi connectivity index (χ1) is 17.0. The lowest BCUT2D eigenvalue weighted by Crippen LogP contribution is -2.43. The van der Waals surface area contributed by atoms with Gasteiger partial charge < -0.3 is 14.4 Å². The first-order valence-corrected chi connectivity index (χ1v) is 12.7. The second-order valence-electron chi connectivity index (χ2n) is 9.19. The van der Waals surface area contributed by atoms with Gasteiger partial charge in [-0.3, -0.25) is 4.79 Å². The topological polar surface area (TPSA) is 81.9 Å². The Bertz CT molecular complexity index is 1360. The van der Waals surface area contributed by atoms with Gasteiger partial charge in [0.05, 0.1) is 25.5 Å². The van der Waals surface area contributed by atoms with Crippen LogP contribution < -0.4 is 9.47 Å². The van der Waals surface area contributed by atoms with Gasteiger partial charge in [-0.2, -0.15) is 4.52 Å². The summed E-state index contributed by atoms with van der Waals surface area (Å²) < 4.78 is 12.7. The van der Waals surface area contributed by atoms with Gasteiger partial charge in [0.1, 0.15) is 0 Å². The van der Waals surface area contributed by atoms with Crippen LogP contribution in [0.5, 0.6) is 11.5 Å². The number of nitrogens with zero attached hydrogens (tertiary/aromatic N) is 5. The van der Waals surface area contributed by atoms with Crippen molar-refractivity contribution in [1.82, 2.24) is 24.5 Å². The summed E-state index contributed by atoms with van der Waals surface area (Å²) >= 11 is 1.39. The summed E-state index contributed by atoms with van der Waals surface area (Å²) in [6, 6.07) is 13.5. The highest BCUT2D eigenvalue weighted by Gasteiger charge is 2.26. The van der Waals surface area contributed by atoms with Gasteiger partial charge in [-0.05, 0) is 24.3 Å². The Labute approximate surface area is 208 Å². The first kappa shape index (κ1) is 23.4. The summed E-state index contributed by atoms with van der Waals surface area (Å²) in [4.78, 5) is 24.8. The third-order valence-corrected chi connectivity index (χ3v) is 7.24. The largest absolute Gasteiger partial charge is 0.493 e. The molecule has 2 aromatic heterocycles. The van der Waals surface area contributed by atoms with Crippen LogP contribution in [0.15, 0.2) is 47.6 Å². The van der Waals surface area contributed by atoms with E-state index in [0.717, 1.165) is 30.5 Å². The third-order valence-electron chi connectivity index (χ3n) is 6.33. The van der Waals surface area contributed by atoms with Gasteiger partial charge in [-0.15, -0.1) is 5.10 Å². The van der Waals surface area contributed by atoms with Crippen LogP contribution in [-0.4, -0.2) is 63.5 Å². The van der Waals surface area contributed by atoms with Gasteiger partial charge in [0.15, 0.2) is 28.1 Å². The molecular formula is C26H29N5O3S. The number of benzene rings is 2. The monoisotopic (exact) mass is 491 g/mol. The molecule has 0 radical (unpaired) electrons. The maximum atomic E-state index is 13.1. The number of hydrogen-bond acceptors (Lipinski definition) is 7. The molecule has 3 heterocycles. The molecule has 1 aliphatic rings. The van der Waals surface area contributed by atoms with E-state index in [0.29, 0.717) is 51.2 Å². The molecule has 8 nitrogen and oxygen atoms in total. The van der Waals surface area contributed by atoms with Crippen LogP contribution in [0.4, 0.5) is 0 Å². The molecule has 0 bridgehead atoms. The van der Waals surface area contributed by atoms with Crippen LogP contribution in [0.2, 0.25) is 0 Å². The van der Waals surface area contributed by atoms with Crippen molar-refractivity contribution in [2.24, 2.45) is 11.8 Å². The van der Waals surface area contributed by atoms with E-state index in [4.69, 9.17) is 24.5 Å². The lowest BCUT2D eigenvalue weighted by atomic mass is 9.92. The molecule has 5 rings (SSSR count). The highest BCUT2D eigenvalue weighted by Crippen LogP contribution is 2.35. The van der Waals surface area contributed by atoms with Crippen molar-refractivity contribution in [3.05, 3.63) is 42.5 Å². The van der Waals surface area contributed by atoms with Crippen LogP contribution in [0, 0.1) is 11.8 Å². The second kappa shape index (κ2) is 9.73. The fourth-order valence-corrected chi connectivity index (χ4v) is 5.64. The number of amides is 1. The number of hydrogen-bond donors (Lipinski definition) is 0. The van der Waals surface area contributed by atoms with Crippen molar-refractivity contribution in [3.63, 3.8) is 0 Å². The Morgan fingerprint density at radius 2 is 1.71 bits per heavy atom. The SMILES string of the molecule is COc1cc2nc(SCC(=O)N3C[C@@H](C)C[C@H](C)C3)n3nc(-c4ccccc4)nc3c2cc1OC. The number of methoxy groups -OCH3 is 2. The highest BCUT2D eigenvalue weighted by atomic mass is 32.2. The molecule has 0 N–H and O–H groups in total. The van der Waals surface area contributed by atoms with E-state index in [1.807, 2.05) is 47.4 Å². The molecule has 0 saturated carbocycles. The molecule has 0 unspecified atom stereocenters. The van der Waals surface area contributed by atoms with Crippen LogP contribution >= 0.6 is 11.8 Å². The molecule has 0 spiro atoms. The van der Waals surface area contributed by atoms with Crippen molar-refractivity contribution in [3.8, 4) is 22.9 Å². The van der Waals surface area contributed by atoms with Crippen molar-refractivity contribution < 1.29 is 14.3 Å². The van der Waals surface area contributed by atoms with E-state index in [1.165, 1.54) is 11.8 Å². The quantitative estimate of drug-likeness (QED) is 0.289. The molecule has 2 aromatic carbocycles. The Hall–Kier alpha value is -3.33. The average Bonchev–Trinajstić information content (AvgIpc) is 3.32. The Balaban J connectivity index is 1.56. The molecule has 1 amide bonds. The minimum absolute atomic E-state index is 0.124.